The first kappa shape index (κ1) is 14.2. The summed E-state index contributed by atoms with van der Waals surface area (Å²) < 4.78 is 11.0. The van der Waals surface area contributed by atoms with E-state index in [1.54, 1.807) is 6.20 Å². The number of rotatable bonds is 5. The van der Waals surface area contributed by atoms with Gasteiger partial charge in [0, 0.05) is 12.7 Å². The molecule has 1 aliphatic rings. The van der Waals surface area contributed by atoms with Crippen LogP contribution in [-0.2, 0) is 13.0 Å². The minimum absolute atomic E-state index is 0.202. The lowest BCUT2D eigenvalue weighted by Crippen LogP contribution is -2.36. The van der Waals surface area contributed by atoms with Crippen LogP contribution >= 0.6 is 0 Å². The van der Waals surface area contributed by atoms with Crippen LogP contribution in [0.15, 0.2) is 30.5 Å². The molecule has 22 heavy (non-hydrogen) atoms. The Morgan fingerprint density at radius 1 is 1.18 bits per heavy atom. The van der Waals surface area contributed by atoms with Gasteiger partial charge in [0.05, 0.1) is 12.2 Å². The second-order valence-electron chi connectivity index (χ2n) is 4.92. The molecule has 0 unspecified atom stereocenters. The lowest BCUT2D eigenvalue weighted by Gasteiger charge is -2.18. The number of benzene rings is 1. The molecule has 7 heteroatoms. The Labute approximate surface area is 128 Å². The van der Waals surface area contributed by atoms with Gasteiger partial charge in [-0.15, -0.1) is 0 Å². The van der Waals surface area contributed by atoms with Crippen molar-refractivity contribution in [3.8, 4) is 11.5 Å². The average Bonchev–Trinajstić information content (AvgIpc) is 3.06. The summed E-state index contributed by atoms with van der Waals surface area (Å²) in [5, 5.41) is 12.2. The molecule has 116 valence electrons. The summed E-state index contributed by atoms with van der Waals surface area (Å²) in [5.41, 5.74) is 1.96. The number of nitrogens with one attached hydrogen (secondary N) is 3. The Morgan fingerprint density at radius 2 is 2.05 bits per heavy atom. The number of ether oxygens (including phenoxy) is 2. The highest BCUT2D eigenvalue weighted by Gasteiger charge is 2.11. The van der Waals surface area contributed by atoms with Crippen molar-refractivity contribution >= 4 is 6.03 Å². The maximum Gasteiger partial charge on any atom is 0.315 e. The average molecular weight is 302 g/mol. The van der Waals surface area contributed by atoms with Gasteiger partial charge < -0.3 is 20.1 Å². The molecular formula is C15H18N4O3. The molecule has 2 heterocycles. The molecule has 0 bridgehead atoms. The molecule has 2 aromatic rings. The molecule has 3 rings (SSSR count). The molecule has 0 radical (unpaired) electrons. The summed E-state index contributed by atoms with van der Waals surface area (Å²) in [4.78, 5) is 11.7. The van der Waals surface area contributed by atoms with Crippen LogP contribution in [-0.4, -0.2) is 36.0 Å². The van der Waals surface area contributed by atoms with Gasteiger partial charge in [0.15, 0.2) is 11.5 Å². The molecule has 2 amide bonds. The largest absolute Gasteiger partial charge is 0.486 e. The second kappa shape index (κ2) is 6.84. The molecule has 1 aromatic heterocycles. The monoisotopic (exact) mass is 302 g/mol. The number of urea groups is 1. The first-order valence-electron chi connectivity index (χ1n) is 7.20. The van der Waals surface area contributed by atoms with Crippen LogP contribution in [0.4, 0.5) is 4.79 Å². The molecule has 1 aliphatic heterocycles. The maximum absolute atomic E-state index is 11.7. The van der Waals surface area contributed by atoms with E-state index >= 15 is 0 Å². The Morgan fingerprint density at radius 3 is 2.86 bits per heavy atom. The number of fused-ring (bicyclic) bond motifs is 1. The van der Waals surface area contributed by atoms with E-state index in [1.165, 1.54) is 0 Å². The fourth-order valence-electron chi connectivity index (χ4n) is 2.18. The number of aromatic amines is 1. The number of carbonyl (C=O) groups excluding carboxylic acids is 1. The summed E-state index contributed by atoms with van der Waals surface area (Å²) in [7, 11) is 0. The van der Waals surface area contributed by atoms with Crippen LogP contribution in [0.25, 0.3) is 0 Å². The van der Waals surface area contributed by atoms with Gasteiger partial charge in [0.2, 0.25) is 0 Å². The molecule has 3 N–H and O–H groups in total. The van der Waals surface area contributed by atoms with Crippen molar-refractivity contribution in [3.63, 3.8) is 0 Å². The Balaban J connectivity index is 1.41. The molecule has 0 spiro atoms. The van der Waals surface area contributed by atoms with E-state index < -0.39 is 0 Å². The third-order valence-corrected chi connectivity index (χ3v) is 3.30. The smallest absolute Gasteiger partial charge is 0.315 e. The van der Waals surface area contributed by atoms with E-state index in [1.807, 2.05) is 24.3 Å². The van der Waals surface area contributed by atoms with Gasteiger partial charge in [-0.1, -0.05) is 6.07 Å². The number of amides is 2. The number of nitrogens with zero attached hydrogens (tertiary/aromatic N) is 1. The van der Waals surface area contributed by atoms with Gasteiger partial charge >= 0.3 is 6.03 Å². The van der Waals surface area contributed by atoms with Crippen LogP contribution in [0.1, 0.15) is 11.3 Å². The first-order chi connectivity index (χ1) is 10.8. The summed E-state index contributed by atoms with van der Waals surface area (Å²) in [6.07, 6.45) is 2.38. The summed E-state index contributed by atoms with van der Waals surface area (Å²) in [6, 6.07) is 7.46. The molecule has 1 aromatic carbocycles. The molecule has 0 saturated carbocycles. The topological polar surface area (TPSA) is 88.3 Å². The summed E-state index contributed by atoms with van der Waals surface area (Å²) in [5.74, 6) is 1.55. The van der Waals surface area contributed by atoms with E-state index in [2.05, 4.69) is 20.8 Å². The molecule has 0 atom stereocenters. The second-order valence-corrected chi connectivity index (χ2v) is 4.92. The van der Waals surface area contributed by atoms with Gasteiger partial charge in [-0.25, -0.2) is 4.79 Å². The zero-order valence-electron chi connectivity index (χ0n) is 12.1. The number of H-pyrrole nitrogens is 1. The lowest BCUT2D eigenvalue weighted by molar-refractivity contribution is 0.171. The molecule has 7 nitrogen and oxygen atoms in total. The van der Waals surface area contributed by atoms with E-state index in [9.17, 15) is 4.79 Å². The number of aromatic nitrogens is 2. The van der Waals surface area contributed by atoms with E-state index in [-0.39, 0.29) is 6.03 Å². The van der Waals surface area contributed by atoms with Crippen LogP contribution in [0, 0.1) is 0 Å². The number of hydrogen-bond acceptors (Lipinski definition) is 4. The van der Waals surface area contributed by atoms with Gasteiger partial charge in [0.1, 0.15) is 13.2 Å². The van der Waals surface area contributed by atoms with E-state index in [0.29, 0.717) is 26.3 Å². The van der Waals surface area contributed by atoms with Gasteiger partial charge in [0.25, 0.3) is 0 Å². The number of carbonyl (C=O) groups is 1. The lowest BCUT2D eigenvalue weighted by atomic mass is 10.1. The fraction of sp³-hybridized carbons (Fsp3) is 0.333. The van der Waals surface area contributed by atoms with Crippen LogP contribution in [0.5, 0.6) is 11.5 Å². The van der Waals surface area contributed by atoms with Gasteiger partial charge in [-0.3, -0.25) is 5.10 Å². The van der Waals surface area contributed by atoms with Crippen molar-refractivity contribution in [2.24, 2.45) is 0 Å². The maximum atomic E-state index is 11.7. The SMILES string of the molecule is O=C(NCCc1ccc2c(c1)OCCO2)NCc1ccn[nH]1. The summed E-state index contributed by atoms with van der Waals surface area (Å²) in [6.45, 7) is 2.14. The van der Waals surface area contributed by atoms with Crippen molar-refractivity contribution in [1.29, 1.82) is 0 Å². The minimum atomic E-state index is -0.202. The predicted molar refractivity (Wildman–Crippen MR) is 80.0 cm³/mol. The highest BCUT2D eigenvalue weighted by Crippen LogP contribution is 2.30. The van der Waals surface area contributed by atoms with Crippen molar-refractivity contribution in [2.45, 2.75) is 13.0 Å². The van der Waals surface area contributed by atoms with Crippen molar-refractivity contribution in [1.82, 2.24) is 20.8 Å². The van der Waals surface area contributed by atoms with E-state index in [4.69, 9.17) is 9.47 Å². The van der Waals surface area contributed by atoms with Crippen LogP contribution in [0.3, 0.4) is 0 Å². The molecule has 0 fully saturated rings. The molecule has 0 saturated heterocycles. The Bertz CT molecular complexity index is 628. The standard InChI is InChI=1S/C15H18N4O3/c20-15(17-10-12-4-6-18-19-12)16-5-3-11-1-2-13-14(9-11)22-8-7-21-13/h1-2,4,6,9H,3,5,7-8,10H2,(H,18,19)(H2,16,17,20). The summed E-state index contributed by atoms with van der Waals surface area (Å²) >= 11 is 0. The highest BCUT2D eigenvalue weighted by atomic mass is 16.6. The van der Waals surface area contributed by atoms with Gasteiger partial charge in [-0.2, -0.15) is 5.10 Å². The zero-order valence-corrected chi connectivity index (χ0v) is 12.1. The fourth-order valence-corrected chi connectivity index (χ4v) is 2.18. The highest BCUT2D eigenvalue weighted by molar-refractivity contribution is 5.73. The number of hydrogen-bond donors (Lipinski definition) is 3. The third-order valence-electron chi connectivity index (χ3n) is 3.30. The molecule has 0 aliphatic carbocycles. The Kier molecular flexibility index (Phi) is 4.43. The molecular weight excluding hydrogens is 284 g/mol. The van der Waals surface area contributed by atoms with Crippen molar-refractivity contribution < 1.29 is 14.3 Å². The quantitative estimate of drug-likeness (QED) is 0.775. The predicted octanol–water partition coefficient (Wildman–Crippen LogP) is 1.22. The van der Waals surface area contributed by atoms with Gasteiger partial charge in [-0.05, 0) is 30.2 Å². The van der Waals surface area contributed by atoms with Crippen LogP contribution in [0.2, 0.25) is 0 Å². The van der Waals surface area contributed by atoms with Crippen molar-refractivity contribution in [2.75, 3.05) is 19.8 Å². The normalized spacial score (nSPS) is 12.7. The Hall–Kier alpha value is -2.70. The third kappa shape index (κ3) is 3.69. The minimum Gasteiger partial charge on any atom is -0.486 e. The zero-order chi connectivity index (χ0) is 15.2. The van der Waals surface area contributed by atoms with E-state index in [0.717, 1.165) is 29.2 Å². The first-order valence-corrected chi connectivity index (χ1v) is 7.20. The van der Waals surface area contributed by atoms with Crippen LogP contribution < -0.4 is 20.1 Å². The van der Waals surface area contributed by atoms with Crippen molar-refractivity contribution in [3.05, 3.63) is 41.7 Å².